The zero-order chi connectivity index (χ0) is 12.5. The van der Waals surface area contributed by atoms with E-state index in [1.54, 1.807) is 12.1 Å². The third-order valence-electron chi connectivity index (χ3n) is 3.20. The molecule has 1 saturated heterocycles. The van der Waals surface area contributed by atoms with Crippen molar-refractivity contribution >= 4 is 5.69 Å². The number of hydrogen-bond acceptors (Lipinski definition) is 2. The van der Waals surface area contributed by atoms with E-state index in [4.69, 9.17) is 0 Å². The van der Waals surface area contributed by atoms with Crippen LogP contribution in [0.15, 0.2) is 24.3 Å². The van der Waals surface area contributed by atoms with Crippen molar-refractivity contribution in [2.75, 3.05) is 18.0 Å². The molecule has 94 valence electrons. The fraction of sp³-hybridized carbons (Fsp3) is 0.538. The number of anilines is 1. The maximum atomic E-state index is 13.0. The third kappa shape index (κ3) is 2.94. The molecule has 0 unspecified atom stereocenters. The van der Waals surface area contributed by atoms with E-state index in [0.717, 1.165) is 38.5 Å². The van der Waals surface area contributed by atoms with Crippen molar-refractivity contribution < 1.29 is 13.9 Å². The maximum absolute atomic E-state index is 13.0. The Morgan fingerprint density at radius 2 is 1.71 bits per heavy atom. The van der Waals surface area contributed by atoms with E-state index in [0.29, 0.717) is 0 Å². The Morgan fingerprint density at radius 3 is 2.18 bits per heavy atom. The van der Waals surface area contributed by atoms with Crippen molar-refractivity contribution in [3.05, 3.63) is 29.8 Å². The molecular weight excluding hydrogens is 224 g/mol. The second-order valence-electron chi connectivity index (χ2n) is 4.65. The topological polar surface area (TPSA) is 23.5 Å². The Bertz CT molecular complexity index is 364. The van der Waals surface area contributed by atoms with Crippen LogP contribution in [0.3, 0.4) is 0 Å². The van der Waals surface area contributed by atoms with Gasteiger partial charge in [0.25, 0.3) is 5.92 Å². The van der Waals surface area contributed by atoms with Crippen molar-refractivity contribution in [2.24, 2.45) is 0 Å². The van der Waals surface area contributed by atoms with Gasteiger partial charge in [-0.1, -0.05) is 12.1 Å². The number of benzene rings is 1. The number of piperidine rings is 1. The van der Waals surface area contributed by atoms with Crippen LogP contribution < -0.4 is 4.90 Å². The Labute approximate surface area is 99.9 Å². The zero-order valence-corrected chi connectivity index (χ0v) is 9.87. The van der Waals surface area contributed by atoms with E-state index >= 15 is 0 Å². The van der Waals surface area contributed by atoms with Crippen molar-refractivity contribution in [1.82, 2.24) is 0 Å². The van der Waals surface area contributed by atoms with Gasteiger partial charge < -0.3 is 10.0 Å². The van der Waals surface area contributed by atoms with Crippen LogP contribution in [0.4, 0.5) is 14.5 Å². The minimum Gasteiger partial charge on any atom is -0.393 e. The van der Waals surface area contributed by atoms with Crippen LogP contribution in [-0.2, 0) is 5.92 Å². The highest BCUT2D eigenvalue weighted by Crippen LogP contribution is 2.29. The van der Waals surface area contributed by atoms with E-state index in [9.17, 15) is 13.9 Å². The number of nitrogens with zero attached hydrogens (tertiary/aromatic N) is 1. The third-order valence-corrected chi connectivity index (χ3v) is 3.20. The molecule has 0 saturated carbocycles. The summed E-state index contributed by atoms with van der Waals surface area (Å²) in [5.41, 5.74) is 0.989. The predicted octanol–water partition coefficient (Wildman–Crippen LogP) is 2.76. The lowest BCUT2D eigenvalue weighted by Crippen LogP contribution is -2.35. The quantitative estimate of drug-likeness (QED) is 0.860. The number of aliphatic hydroxyl groups is 1. The van der Waals surface area contributed by atoms with E-state index in [1.165, 1.54) is 12.1 Å². The van der Waals surface area contributed by atoms with Gasteiger partial charge in [0, 0.05) is 31.3 Å². The van der Waals surface area contributed by atoms with E-state index < -0.39 is 5.92 Å². The average Bonchev–Trinajstić information content (AvgIpc) is 2.29. The fourth-order valence-corrected chi connectivity index (χ4v) is 2.09. The lowest BCUT2D eigenvalue weighted by atomic mass is 10.1. The van der Waals surface area contributed by atoms with Crippen LogP contribution in [0.5, 0.6) is 0 Å². The van der Waals surface area contributed by atoms with Gasteiger partial charge in [-0.2, -0.15) is 0 Å². The first-order valence-electron chi connectivity index (χ1n) is 5.88. The number of hydrogen-bond donors (Lipinski definition) is 1. The summed E-state index contributed by atoms with van der Waals surface area (Å²) in [6.07, 6.45) is 1.27. The second-order valence-corrected chi connectivity index (χ2v) is 4.65. The molecular formula is C13H17F2NO. The molecule has 0 atom stereocenters. The summed E-state index contributed by atoms with van der Waals surface area (Å²) in [5.74, 6) is -2.78. The largest absolute Gasteiger partial charge is 0.393 e. The van der Waals surface area contributed by atoms with Gasteiger partial charge in [0.1, 0.15) is 0 Å². The molecule has 1 aliphatic heterocycles. The Morgan fingerprint density at radius 1 is 1.18 bits per heavy atom. The minimum atomic E-state index is -2.78. The molecule has 2 nitrogen and oxygen atoms in total. The molecule has 1 aromatic rings. The standard InChI is InChI=1S/C13H17F2NO/c1-13(14,15)10-2-4-11(5-3-10)16-8-6-12(17)7-9-16/h2-5,12,17H,6-9H2,1H3. The number of aliphatic hydroxyl groups excluding tert-OH is 1. The van der Waals surface area contributed by atoms with Gasteiger partial charge in [-0.15, -0.1) is 0 Å². The highest BCUT2D eigenvalue weighted by Gasteiger charge is 2.24. The molecule has 0 bridgehead atoms. The van der Waals surface area contributed by atoms with E-state index in [2.05, 4.69) is 4.90 Å². The molecule has 2 rings (SSSR count). The van der Waals surface area contributed by atoms with Gasteiger partial charge in [0.05, 0.1) is 6.10 Å². The zero-order valence-electron chi connectivity index (χ0n) is 9.87. The molecule has 0 aliphatic carbocycles. The molecule has 0 spiro atoms. The summed E-state index contributed by atoms with van der Waals surface area (Å²) < 4.78 is 26.1. The summed E-state index contributed by atoms with van der Waals surface area (Å²) >= 11 is 0. The van der Waals surface area contributed by atoms with Crippen molar-refractivity contribution in [3.63, 3.8) is 0 Å². The van der Waals surface area contributed by atoms with Gasteiger partial charge in [-0.3, -0.25) is 0 Å². The monoisotopic (exact) mass is 241 g/mol. The summed E-state index contributed by atoms with van der Waals surface area (Å²) in [7, 11) is 0. The lowest BCUT2D eigenvalue weighted by Gasteiger charge is -2.31. The molecule has 1 heterocycles. The number of halogens is 2. The molecule has 17 heavy (non-hydrogen) atoms. The second kappa shape index (κ2) is 4.61. The van der Waals surface area contributed by atoms with Gasteiger partial charge in [0.15, 0.2) is 0 Å². The van der Waals surface area contributed by atoms with Gasteiger partial charge in [0.2, 0.25) is 0 Å². The first kappa shape index (κ1) is 12.3. The van der Waals surface area contributed by atoms with Crippen LogP contribution in [0, 0.1) is 0 Å². The highest BCUT2D eigenvalue weighted by atomic mass is 19.3. The predicted molar refractivity (Wildman–Crippen MR) is 63.5 cm³/mol. The summed E-state index contributed by atoms with van der Waals surface area (Å²) in [4.78, 5) is 2.12. The molecule has 4 heteroatoms. The van der Waals surface area contributed by atoms with Crippen molar-refractivity contribution in [2.45, 2.75) is 31.8 Å². The minimum absolute atomic E-state index is 0.0401. The average molecular weight is 241 g/mol. The highest BCUT2D eigenvalue weighted by molar-refractivity contribution is 5.48. The van der Waals surface area contributed by atoms with Crippen LogP contribution in [0.25, 0.3) is 0 Å². The normalized spacial score (nSPS) is 18.5. The Balaban J connectivity index is 2.08. The molecule has 1 N–H and O–H groups in total. The van der Waals surface area contributed by atoms with E-state index in [1.807, 2.05) is 0 Å². The van der Waals surface area contributed by atoms with Crippen LogP contribution in [0.2, 0.25) is 0 Å². The summed E-state index contributed by atoms with van der Waals surface area (Å²) in [6.45, 7) is 2.46. The van der Waals surface area contributed by atoms with Gasteiger partial charge in [-0.05, 0) is 25.0 Å². The molecule has 1 aromatic carbocycles. The number of alkyl halides is 2. The van der Waals surface area contributed by atoms with Gasteiger partial charge in [-0.25, -0.2) is 8.78 Å². The maximum Gasteiger partial charge on any atom is 0.270 e. The fourth-order valence-electron chi connectivity index (χ4n) is 2.09. The van der Waals surface area contributed by atoms with Crippen LogP contribution in [0.1, 0.15) is 25.3 Å². The lowest BCUT2D eigenvalue weighted by molar-refractivity contribution is 0.0175. The first-order chi connectivity index (χ1) is 7.97. The summed E-state index contributed by atoms with van der Waals surface area (Å²) in [5, 5.41) is 9.40. The molecule has 0 aromatic heterocycles. The van der Waals surface area contributed by atoms with E-state index in [-0.39, 0.29) is 11.7 Å². The molecule has 1 aliphatic rings. The SMILES string of the molecule is CC(F)(F)c1ccc(N2CCC(O)CC2)cc1. The smallest absolute Gasteiger partial charge is 0.270 e. The Kier molecular flexibility index (Phi) is 3.33. The van der Waals surface area contributed by atoms with Crippen LogP contribution in [-0.4, -0.2) is 24.3 Å². The molecule has 0 radical (unpaired) electrons. The van der Waals surface area contributed by atoms with Crippen molar-refractivity contribution in [3.8, 4) is 0 Å². The number of rotatable bonds is 2. The summed E-state index contributed by atoms with van der Waals surface area (Å²) in [6, 6.07) is 6.40. The Hall–Kier alpha value is -1.16. The van der Waals surface area contributed by atoms with Crippen molar-refractivity contribution in [1.29, 1.82) is 0 Å². The molecule has 1 fully saturated rings. The van der Waals surface area contributed by atoms with Crippen LogP contribution >= 0.6 is 0 Å². The molecule has 0 amide bonds. The van der Waals surface area contributed by atoms with Gasteiger partial charge >= 0.3 is 0 Å². The first-order valence-corrected chi connectivity index (χ1v) is 5.88.